The lowest BCUT2D eigenvalue weighted by Gasteiger charge is -2.30. The van der Waals surface area contributed by atoms with Crippen LogP contribution in [0.4, 0.5) is 4.79 Å². The number of rotatable bonds is 5. The molecule has 4 heteroatoms. The summed E-state index contributed by atoms with van der Waals surface area (Å²) in [7, 11) is 0. The summed E-state index contributed by atoms with van der Waals surface area (Å²) in [5, 5.41) is 6.10. The molecule has 0 bridgehead atoms. The zero-order valence-electron chi connectivity index (χ0n) is 13.0. The van der Waals surface area contributed by atoms with Crippen LogP contribution in [0, 0.1) is 5.92 Å². The Balaban J connectivity index is 1.48. The Hall–Kier alpha value is -0.770. The predicted molar refractivity (Wildman–Crippen MR) is 82.9 cm³/mol. The van der Waals surface area contributed by atoms with Gasteiger partial charge in [0.1, 0.15) is 0 Å². The van der Waals surface area contributed by atoms with Crippen molar-refractivity contribution < 1.29 is 4.79 Å². The van der Waals surface area contributed by atoms with Crippen molar-refractivity contribution in [2.24, 2.45) is 5.92 Å². The standard InChI is InChI=1S/C16H31N3O/c1-14-8-12-19(13-9-14)11-5-10-17-16(20)18-15-6-3-2-4-7-15/h14-15H,2-13H2,1H3,(H2,17,18,20). The number of hydrogen-bond acceptors (Lipinski definition) is 2. The fourth-order valence-corrected chi connectivity index (χ4v) is 3.27. The Morgan fingerprint density at radius 3 is 2.50 bits per heavy atom. The maximum absolute atomic E-state index is 11.8. The molecule has 0 radical (unpaired) electrons. The largest absolute Gasteiger partial charge is 0.338 e. The smallest absolute Gasteiger partial charge is 0.315 e. The second kappa shape index (κ2) is 8.50. The van der Waals surface area contributed by atoms with Crippen molar-refractivity contribution in [3.8, 4) is 0 Å². The molecule has 4 nitrogen and oxygen atoms in total. The molecule has 1 aliphatic carbocycles. The number of carbonyl (C=O) groups excluding carboxylic acids is 1. The van der Waals surface area contributed by atoms with Gasteiger partial charge < -0.3 is 15.5 Å². The van der Waals surface area contributed by atoms with Gasteiger partial charge in [0, 0.05) is 12.6 Å². The molecule has 2 rings (SSSR count). The normalized spacial score (nSPS) is 22.6. The van der Waals surface area contributed by atoms with E-state index in [0.717, 1.165) is 38.3 Å². The zero-order chi connectivity index (χ0) is 14.2. The summed E-state index contributed by atoms with van der Waals surface area (Å²) < 4.78 is 0. The Bertz CT molecular complexity index is 281. The van der Waals surface area contributed by atoms with E-state index in [1.165, 1.54) is 45.2 Å². The molecular formula is C16H31N3O. The van der Waals surface area contributed by atoms with Gasteiger partial charge in [0.25, 0.3) is 0 Å². The van der Waals surface area contributed by atoms with Crippen LogP contribution in [0.5, 0.6) is 0 Å². The van der Waals surface area contributed by atoms with Crippen LogP contribution in [0.3, 0.4) is 0 Å². The summed E-state index contributed by atoms with van der Waals surface area (Å²) >= 11 is 0. The van der Waals surface area contributed by atoms with Crippen LogP contribution < -0.4 is 10.6 Å². The maximum atomic E-state index is 11.8. The molecule has 2 fully saturated rings. The number of carbonyl (C=O) groups is 1. The van der Waals surface area contributed by atoms with Gasteiger partial charge in [0.2, 0.25) is 0 Å². The highest BCUT2D eigenvalue weighted by Crippen LogP contribution is 2.17. The average Bonchev–Trinajstić information content (AvgIpc) is 2.46. The number of nitrogens with one attached hydrogen (secondary N) is 2. The van der Waals surface area contributed by atoms with Crippen LogP contribution >= 0.6 is 0 Å². The highest BCUT2D eigenvalue weighted by atomic mass is 16.2. The van der Waals surface area contributed by atoms with Crippen molar-refractivity contribution in [2.75, 3.05) is 26.2 Å². The first-order valence-corrected chi connectivity index (χ1v) is 8.51. The number of hydrogen-bond donors (Lipinski definition) is 2. The number of nitrogens with zero attached hydrogens (tertiary/aromatic N) is 1. The van der Waals surface area contributed by atoms with Gasteiger partial charge in [-0.15, -0.1) is 0 Å². The van der Waals surface area contributed by atoms with Crippen molar-refractivity contribution in [2.45, 2.75) is 64.3 Å². The number of urea groups is 1. The van der Waals surface area contributed by atoms with Gasteiger partial charge in [-0.1, -0.05) is 26.2 Å². The molecule has 0 atom stereocenters. The lowest BCUT2D eigenvalue weighted by atomic mass is 9.96. The Morgan fingerprint density at radius 1 is 1.10 bits per heavy atom. The third-order valence-corrected chi connectivity index (χ3v) is 4.75. The quantitative estimate of drug-likeness (QED) is 0.761. The van der Waals surface area contributed by atoms with Crippen LogP contribution in [-0.4, -0.2) is 43.2 Å². The topological polar surface area (TPSA) is 44.4 Å². The summed E-state index contributed by atoms with van der Waals surface area (Å²) in [5.41, 5.74) is 0. The van der Waals surface area contributed by atoms with Gasteiger partial charge in [0.05, 0.1) is 0 Å². The summed E-state index contributed by atoms with van der Waals surface area (Å²) in [4.78, 5) is 14.3. The lowest BCUT2D eigenvalue weighted by molar-refractivity contribution is 0.189. The third kappa shape index (κ3) is 5.70. The summed E-state index contributed by atoms with van der Waals surface area (Å²) in [6.07, 6.45) is 9.88. The van der Waals surface area contributed by atoms with E-state index in [4.69, 9.17) is 0 Å². The maximum Gasteiger partial charge on any atom is 0.315 e. The second-order valence-corrected chi connectivity index (χ2v) is 6.61. The van der Waals surface area contributed by atoms with E-state index in [1.807, 2.05) is 0 Å². The Labute approximate surface area is 123 Å². The molecular weight excluding hydrogens is 250 g/mol. The molecule has 116 valence electrons. The molecule has 0 aromatic rings. The van der Waals surface area contributed by atoms with Crippen molar-refractivity contribution >= 4 is 6.03 Å². The summed E-state index contributed by atoms with van der Waals surface area (Å²) in [6, 6.07) is 0.441. The molecule has 2 aliphatic rings. The first-order valence-electron chi connectivity index (χ1n) is 8.51. The van der Waals surface area contributed by atoms with Gasteiger partial charge in [-0.3, -0.25) is 0 Å². The predicted octanol–water partition coefficient (Wildman–Crippen LogP) is 2.74. The van der Waals surface area contributed by atoms with Crippen molar-refractivity contribution in [1.29, 1.82) is 0 Å². The van der Waals surface area contributed by atoms with Crippen LogP contribution in [0.1, 0.15) is 58.3 Å². The van der Waals surface area contributed by atoms with E-state index in [9.17, 15) is 4.79 Å². The first kappa shape index (κ1) is 15.6. The zero-order valence-corrected chi connectivity index (χ0v) is 13.0. The molecule has 1 heterocycles. The van der Waals surface area contributed by atoms with E-state index < -0.39 is 0 Å². The van der Waals surface area contributed by atoms with Crippen molar-refractivity contribution in [1.82, 2.24) is 15.5 Å². The van der Waals surface area contributed by atoms with E-state index in [2.05, 4.69) is 22.5 Å². The summed E-state index contributed by atoms with van der Waals surface area (Å²) in [6.45, 7) is 6.72. The molecule has 2 amide bonds. The van der Waals surface area contributed by atoms with E-state index in [0.29, 0.717) is 6.04 Å². The van der Waals surface area contributed by atoms with Crippen LogP contribution in [0.15, 0.2) is 0 Å². The number of likely N-dealkylation sites (tertiary alicyclic amines) is 1. The molecule has 0 aromatic heterocycles. The molecule has 1 saturated heterocycles. The van der Waals surface area contributed by atoms with Gasteiger partial charge in [-0.05, 0) is 57.7 Å². The first-order chi connectivity index (χ1) is 9.74. The molecule has 0 spiro atoms. The van der Waals surface area contributed by atoms with Gasteiger partial charge in [0.15, 0.2) is 0 Å². The Kier molecular flexibility index (Phi) is 6.64. The SMILES string of the molecule is CC1CCN(CCCNC(=O)NC2CCCCC2)CC1. The fraction of sp³-hybridized carbons (Fsp3) is 0.938. The molecule has 1 saturated carbocycles. The fourth-order valence-electron chi connectivity index (χ4n) is 3.27. The molecule has 1 aliphatic heterocycles. The van der Waals surface area contributed by atoms with Crippen LogP contribution in [0.25, 0.3) is 0 Å². The van der Waals surface area contributed by atoms with E-state index >= 15 is 0 Å². The molecule has 0 aromatic carbocycles. The van der Waals surface area contributed by atoms with Gasteiger partial charge >= 0.3 is 6.03 Å². The lowest BCUT2D eigenvalue weighted by Crippen LogP contribution is -2.43. The number of piperidine rings is 1. The van der Waals surface area contributed by atoms with Crippen LogP contribution in [-0.2, 0) is 0 Å². The van der Waals surface area contributed by atoms with E-state index in [1.54, 1.807) is 0 Å². The average molecular weight is 281 g/mol. The van der Waals surface area contributed by atoms with E-state index in [-0.39, 0.29) is 6.03 Å². The number of amides is 2. The monoisotopic (exact) mass is 281 g/mol. The molecule has 20 heavy (non-hydrogen) atoms. The summed E-state index contributed by atoms with van der Waals surface area (Å²) in [5.74, 6) is 0.894. The Morgan fingerprint density at radius 2 is 1.80 bits per heavy atom. The minimum absolute atomic E-state index is 0.0316. The highest BCUT2D eigenvalue weighted by Gasteiger charge is 2.16. The van der Waals surface area contributed by atoms with Crippen molar-refractivity contribution in [3.63, 3.8) is 0 Å². The molecule has 2 N–H and O–H groups in total. The van der Waals surface area contributed by atoms with Gasteiger partial charge in [-0.25, -0.2) is 4.79 Å². The second-order valence-electron chi connectivity index (χ2n) is 6.61. The minimum atomic E-state index is 0.0316. The third-order valence-electron chi connectivity index (χ3n) is 4.75. The highest BCUT2D eigenvalue weighted by molar-refractivity contribution is 5.74. The van der Waals surface area contributed by atoms with Gasteiger partial charge in [-0.2, -0.15) is 0 Å². The van der Waals surface area contributed by atoms with Crippen LogP contribution in [0.2, 0.25) is 0 Å². The van der Waals surface area contributed by atoms with Crippen molar-refractivity contribution in [3.05, 3.63) is 0 Å². The molecule has 0 unspecified atom stereocenters. The minimum Gasteiger partial charge on any atom is -0.338 e.